The van der Waals surface area contributed by atoms with Crippen LogP contribution in [0.5, 0.6) is 0 Å². The highest BCUT2D eigenvalue weighted by Crippen LogP contribution is 2.21. The number of carbonyl (C=O) groups is 3. The van der Waals surface area contributed by atoms with Crippen LogP contribution in [-0.2, 0) is 16.1 Å². The predicted octanol–water partition coefficient (Wildman–Crippen LogP) is 0.981. The molecule has 1 rings (SSSR count). The van der Waals surface area contributed by atoms with Crippen LogP contribution in [0.4, 0.5) is 4.79 Å². The number of nitrogens with one attached hydrogen (secondary N) is 1. The first-order valence-electron chi connectivity index (χ1n) is 5.55. The van der Waals surface area contributed by atoms with E-state index >= 15 is 0 Å². The Kier molecular flexibility index (Phi) is 5.96. The Morgan fingerprint density at radius 3 is 2.65 bits per heavy atom. The minimum Gasteiger partial charge on any atom is -0.480 e. The summed E-state index contributed by atoms with van der Waals surface area (Å²) in [5.41, 5.74) is 5.86. The summed E-state index contributed by atoms with van der Waals surface area (Å²) in [6.07, 6.45) is -0.446. The zero-order chi connectivity index (χ0) is 15.3. The molecular formula is C11H14BrN3O4S. The van der Waals surface area contributed by atoms with Crippen molar-refractivity contribution in [1.29, 1.82) is 0 Å². The average molecular weight is 364 g/mol. The van der Waals surface area contributed by atoms with E-state index in [4.69, 9.17) is 10.8 Å². The summed E-state index contributed by atoms with van der Waals surface area (Å²) >= 11 is 4.80. The number of nitrogens with two attached hydrogens (primary N) is 1. The van der Waals surface area contributed by atoms with Gasteiger partial charge in [0.25, 0.3) is 0 Å². The monoisotopic (exact) mass is 363 g/mol. The van der Waals surface area contributed by atoms with E-state index in [0.29, 0.717) is 6.54 Å². The summed E-state index contributed by atoms with van der Waals surface area (Å²) in [5, 5.41) is 13.0. The van der Waals surface area contributed by atoms with Crippen molar-refractivity contribution in [2.45, 2.75) is 19.0 Å². The number of nitrogens with zero attached hydrogens (tertiary/aromatic N) is 1. The van der Waals surface area contributed by atoms with Crippen LogP contribution >= 0.6 is 27.3 Å². The van der Waals surface area contributed by atoms with Gasteiger partial charge in [-0.3, -0.25) is 4.79 Å². The largest absolute Gasteiger partial charge is 0.480 e. The number of hydrogen-bond donors (Lipinski definition) is 3. The highest BCUT2D eigenvalue weighted by atomic mass is 79.9. The van der Waals surface area contributed by atoms with Crippen LogP contribution in [0.1, 0.15) is 12.0 Å². The first kappa shape index (κ1) is 16.4. The standard InChI is InChI=1S/C11H14BrN3O4S/c1-15(4-6-2-8(12)20-5-6)11(19)14-7(10(17)18)3-9(13)16/h2,5,7H,3-4H2,1H3,(H2,13,16)(H,14,19)(H,17,18)/t7-/m0/s1. The smallest absolute Gasteiger partial charge is 0.326 e. The van der Waals surface area contributed by atoms with Gasteiger partial charge < -0.3 is 21.1 Å². The van der Waals surface area contributed by atoms with Gasteiger partial charge in [-0.15, -0.1) is 11.3 Å². The van der Waals surface area contributed by atoms with Crippen molar-refractivity contribution in [3.63, 3.8) is 0 Å². The van der Waals surface area contributed by atoms with Crippen LogP contribution in [0.2, 0.25) is 0 Å². The molecule has 0 radical (unpaired) electrons. The Bertz CT molecular complexity index is 520. The molecule has 0 bridgehead atoms. The summed E-state index contributed by atoms with van der Waals surface area (Å²) in [4.78, 5) is 34.8. The summed E-state index contributed by atoms with van der Waals surface area (Å²) in [6.45, 7) is 0.330. The van der Waals surface area contributed by atoms with E-state index in [1.807, 2.05) is 11.4 Å². The zero-order valence-electron chi connectivity index (χ0n) is 10.6. The van der Waals surface area contributed by atoms with Crippen LogP contribution in [-0.4, -0.2) is 41.0 Å². The highest BCUT2D eigenvalue weighted by molar-refractivity contribution is 9.11. The molecule has 110 valence electrons. The molecule has 0 saturated heterocycles. The molecule has 9 heteroatoms. The fourth-order valence-corrected chi connectivity index (χ4v) is 2.64. The van der Waals surface area contributed by atoms with Crippen molar-refractivity contribution < 1.29 is 19.5 Å². The third-order valence-corrected chi connectivity index (χ3v) is 3.94. The molecule has 0 aromatic carbocycles. The van der Waals surface area contributed by atoms with E-state index < -0.39 is 30.4 Å². The second kappa shape index (κ2) is 7.25. The van der Waals surface area contributed by atoms with Gasteiger partial charge in [-0.05, 0) is 32.9 Å². The molecule has 3 amide bonds. The number of thiophene rings is 1. The maximum Gasteiger partial charge on any atom is 0.326 e. The number of carboxylic acids is 1. The number of urea groups is 1. The fraction of sp³-hybridized carbons (Fsp3) is 0.364. The molecule has 1 aromatic rings. The lowest BCUT2D eigenvalue weighted by molar-refractivity contribution is -0.140. The molecule has 0 spiro atoms. The molecule has 4 N–H and O–H groups in total. The van der Waals surface area contributed by atoms with E-state index in [2.05, 4.69) is 21.2 Å². The van der Waals surface area contributed by atoms with E-state index in [0.717, 1.165) is 9.35 Å². The number of hydrogen-bond acceptors (Lipinski definition) is 4. The fourth-order valence-electron chi connectivity index (χ4n) is 1.43. The van der Waals surface area contributed by atoms with Crippen molar-refractivity contribution >= 4 is 45.2 Å². The second-order valence-corrected chi connectivity index (χ2v) is 6.42. The molecule has 0 fully saturated rings. The number of carboxylic acid groups (broad SMARTS) is 1. The number of halogens is 1. The number of aliphatic carboxylic acids is 1. The van der Waals surface area contributed by atoms with E-state index in [9.17, 15) is 14.4 Å². The van der Waals surface area contributed by atoms with E-state index in [1.54, 1.807) is 0 Å². The van der Waals surface area contributed by atoms with Gasteiger partial charge in [0.2, 0.25) is 5.91 Å². The Morgan fingerprint density at radius 1 is 1.55 bits per heavy atom. The lowest BCUT2D eigenvalue weighted by atomic mass is 10.2. The molecule has 0 aliphatic heterocycles. The van der Waals surface area contributed by atoms with Gasteiger partial charge >= 0.3 is 12.0 Å². The number of primary amides is 1. The van der Waals surface area contributed by atoms with Crippen LogP contribution in [0.25, 0.3) is 0 Å². The van der Waals surface area contributed by atoms with E-state index in [-0.39, 0.29) is 0 Å². The van der Waals surface area contributed by atoms with Gasteiger partial charge in [0.15, 0.2) is 0 Å². The van der Waals surface area contributed by atoms with Gasteiger partial charge in [0.1, 0.15) is 6.04 Å². The number of carbonyl (C=O) groups excluding carboxylic acids is 2. The second-order valence-electron chi connectivity index (χ2n) is 4.13. The quantitative estimate of drug-likeness (QED) is 0.698. The number of rotatable bonds is 6. The zero-order valence-corrected chi connectivity index (χ0v) is 13.0. The van der Waals surface area contributed by atoms with Crippen molar-refractivity contribution in [1.82, 2.24) is 10.2 Å². The van der Waals surface area contributed by atoms with Crippen LogP contribution in [0.15, 0.2) is 15.2 Å². The van der Waals surface area contributed by atoms with Crippen LogP contribution in [0, 0.1) is 0 Å². The Hall–Kier alpha value is -1.61. The summed E-state index contributed by atoms with van der Waals surface area (Å²) in [7, 11) is 1.53. The van der Waals surface area contributed by atoms with Crippen molar-refractivity contribution in [3.8, 4) is 0 Å². The minimum atomic E-state index is -1.32. The lowest BCUT2D eigenvalue weighted by Crippen LogP contribution is -2.47. The van der Waals surface area contributed by atoms with E-state index in [1.165, 1.54) is 23.3 Å². The molecule has 0 aliphatic rings. The Labute approximate surface area is 127 Å². The topological polar surface area (TPSA) is 113 Å². The van der Waals surface area contributed by atoms with Gasteiger partial charge in [-0.2, -0.15) is 0 Å². The maximum atomic E-state index is 11.8. The molecule has 1 atom stereocenters. The van der Waals surface area contributed by atoms with Gasteiger partial charge in [0, 0.05) is 13.6 Å². The van der Waals surface area contributed by atoms with Crippen molar-refractivity contribution in [2.24, 2.45) is 5.73 Å². The van der Waals surface area contributed by atoms with Gasteiger partial charge in [-0.25, -0.2) is 9.59 Å². The third kappa shape index (κ3) is 5.17. The molecular weight excluding hydrogens is 350 g/mol. The summed E-state index contributed by atoms with van der Waals surface area (Å²) in [6, 6.07) is -0.0374. The number of amides is 3. The van der Waals surface area contributed by atoms with Crippen molar-refractivity contribution in [3.05, 3.63) is 20.8 Å². The molecule has 0 unspecified atom stereocenters. The van der Waals surface area contributed by atoms with Gasteiger partial charge in [-0.1, -0.05) is 0 Å². The first-order chi connectivity index (χ1) is 9.29. The highest BCUT2D eigenvalue weighted by Gasteiger charge is 2.23. The maximum absolute atomic E-state index is 11.8. The minimum absolute atomic E-state index is 0.330. The first-order valence-corrected chi connectivity index (χ1v) is 7.22. The molecule has 0 aliphatic carbocycles. The summed E-state index contributed by atoms with van der Waals surface area (Å²) < 4.78 is 0.943. The normalized spacial score (nSPS) is 11.7. The molecule has 1 aromatic heterocycles. The molecule has 1 heterocycles. The van der Waals surface area contributed by atoms with Crippen LogP contribution < -0.4 is 11.1 Å². The molecule has 20 heavy (non-hydrogen) atoms. The SMILES string of the molecule is CN(Cc1csc(Br)c1)C(=O)N[C@@H](CC(N)=O)C(=O)O. The lowest BCUT2D eigenvalue weighted by Gasteiger charge is -2.20. The van der Waals surface area contributed by atoms with Crippen LogP contribution in [0.3, 0.4) is 0 Å². The average Bonchev–Trinajstić information content (AvgIpc) is 2.72. The third-order valence-electron chi connectivity index (χ3n) is 2.39. The Balaban J connectivity index is 2.59. The molecule has 7 nitrogen and oxygen atoms in total. The van der Waals surface area contributed by atoms with Gasteiger partial charge in [0.05, 0.1) is 10.2 Å². The summed E-state index contributed by atoms with van der Waals surface area (Å²) in [5.74, 6) is -2.09. The Morgan fingerprint density at radius 2 is 2.20 bits per heavy atom. The van der Waals surface area contributed by atoms with Crippen molar-refractivity contribution in [2.75, 3.05) is 7.05 Å². The molecule has 0 saturated carbocycles. The predicted molar refractivity (Wildman–Crippen MR) is 77.3 cm³/mol.